The number of carbonyl (C=O) groups excluding carboxylic acids is 1. The second kappa shape index (κ2) is 6.46. The van der Waals surface area contributed by atoms with E-state index >= 15 is 0 Å². The number of benzene rings is 1. The minimum atomic E-state index is -4.94. The van der Waals surface area contributed by atoms with Crippen LogP contribution in [0.25, 0.3) is 6.08 Å². The molecule has 0 bridgehead atoms. The summed E-state index contributed by atoms with van der Waals surface area (Å²) >= 11 is 1.36. The van der Waals surface area contributed by atoms with Gasteiger partial charge in [0, 0.05) is 4.88 Å². The molecule has 0 aliphatic rings. The number of aliphatic hydroxyl groups is 1. The second-order valence-electron chi connectivity index (χ2n) is 4.72. The molecule has 0 amide bonds. The standard InChI is InChI=1S/C16H13F3O2S/c17-16(18,19)15(21,12-5-2-1-3-6-12)11-13(20)8-9-14-7-4-10-22-14/h1-10,21H,11H2/t15-/m1/s1. The molecule has 1 aromatic heterocycles. The topological polar surface area (TPSA) is 37.3 Å². The van der Waals surface area contributed by atoms with Gasteiger partial charge in [0.25, 0.3) is 0 Å². The summed E-state index contributed by atoms with van der Waals surface area (Å²) in [6.07, 6.45) is -3.50. The highest BCUT2D eigenvalue weighted by molar-refractivity contribution is 7.10. The molecule has 0 saturated carbocycles. The summed E-state index contributed by atoms with van der Waals surface area (Å²) in [6, 6.07) is 10.1. The van der Waals surface area contributed by atoms with Crippen LogP contribution in [0.15, 0.2) is 53.9 Å². The zero-order chi connectivity index (χ0) is 16.2. The van der Waals surface area contributed by atoms with Crippen molar-refractivity contribution in [1.82, 2.24) is 0 Å². The largest absolute Gasteiger partial charge is 0.421 e. The highest BCUT2D eigenvalue weighted by Gasteiger charge is 2.55. The second-order valence-corrected chi connectivity index (χ2v) is 5.70. The van der Waals surface area contributed by atoms with Gasteiger partial charge in [0.1, 0.15) is 0 Å². The van der Waals surface area contributed by atoms with Gasteiger partial charge in [-0.15, -0.1) is 11.3 Å². The maximum atomic E-state index is 13.2. The van der Waals surface area contributed by atoms with Gasteiger partial charge >= 0.3 is 6.18 Å². The Bertz CT molecular complexity index is 648. The molecule has 116 valence electrons. The minimum absolute atomic E-state index is 0.347. The Morgan fingerprint density at radius 1 is 1.14 bits per heavy atom. The molecule has 0 aliphatic carbocycles. The van der Waals surface area contributed by atoms with Crippen LogP contribution in [-0.2, 0) is 10.4 Å². The summed E-state index contributed by atoms with van der Waals surface area (Å²) in [6.45, 7) is 0. The number of hydrogen-bond donors (Lipinski definition) is 1. The van der Waals surface area contributed by atoms with Gasteiger partial charge in [0.15, 0.2) is 11.4 Å². The number of hydrogen-bond acceptors (Lipinski definition) is 3. The van der Waals surface area contributed by atoms with Crippen LogP contribution < -0.4 is 0 Å². The van der Waals surface area contributed by atoms with Crippen molar-refractivity contribution in [2.75, 3.05) is 0 Å². The summed E-state index contributed by atoms with van der Waals surface area (Å²) in [5, 5.41) is 11.9. The first-order valence-corrected chi connectivity index (χ1v) is 7.30. The maximum Gasteiger partial charge on any atom is 0.421 e. The highest BCUT2D eigenvalue weighted by atomic mass is 32.1. The molecule has 0 radical (unpaired) electrons. The Kier molecular flexibility index (Phi) is 4.83. The Hall–Kier alpha value is -1.92. The van der Waals surface area contributed by atoms with Gasteiger partial charge in [-0.05, 0) is 29.2 Å². The van der Waals surface area contributed by atoms with Crippen LogP contribution in [0, 0.1) is 0 Å². The molecule has 1 N–H and O–H groups in total. The van der Waals surface area contributed by atoms with Crippen LogP contribution in [0.5, 0.6) is 0 Å². The number of ketones is 1. The maximum absolute atomic E-state index is 13.2. The lowest BCUT2D eigenvalue weighted by Crippen LogP contribution is -2.43. The smallest absolute Gasteiger partial charge is 0.376 e. The van der Waals surface area contributed by atoms with E-state index in [2.05, 4.69) is 0 Å². The average molecular weight is 326 g/mol. The van der Waals surface area contributed by atoms with Crippen LogP contribution in [0.3, 0.4) is 0 Å². The fourth-order valence-corrected chi connectivity index (χ4v) is 2.57. The first kappa shape index (κ1) is 16.5. The van der Waals surface area contributed by atoms with Gasteiger partial charge in [0.05, 0.1) is 6.42 Å². The van der Waals surface area contributed by atoms with Crippen molar-refractivity contribution in [3.63, 3.8) is 0 Å². The van der Waals surface area contributed by atoms with E-state index < -0.39 is 24.0 Å². The molecule has 0 aliphatic heterocycles. The van der Waals surface area contributed by atoms with E-state index in [0.717, 1.165) is 23.1 Å². The SMILES string of the molecule is O=C(C=Cc1cccs1)C[C@@](O)(c1ccccc1)C(F)(F)F. The van der Waals surface area contributed by atoms with Crippen LogP contribution in [-0.4, -0.2) is 17.1 Å². The Balaban J connectivity index is 2.23. The van der Waals surface area contributed by atoms with Crippen LogP contribution in [0.1, 0.15) is 16.9 Å². The molecule has 1 atom stereocenters. The van der Waals surface area contributed by atoms with Crippen molar-refractivity contribution in [1.29, 1.82) is 0 Å². The monoisotopic (exact) mass is 326 g/mol. The van der Waals surface area contributed by atoms with Gasteiger partial charge in [0.2, 0.25) is 0 Å². The van der Waals surface area contributed by atoms with Gasteiger partial charge in [-0.25, -0.2) is 0 Å². The molecular formula is C16H13F3O2S. The molecule has 0 unspecified atom stereocenters. The third-order valence-electron chi connectivity index (χ3n) is 3.13. The Morgan fingerprint density at radius 3 is 2.36 bits per heavy atom. The van der Waals surface area contributed by atoms with E-state index in [1.54, 1.807) is 23.6 Å². The van der Waals surface area contributed by atoms with Gasteiger partial charge in [-0.1, -0.05) is 36.4 Å². The molecule has 1 heterocycles. The molecule has 2 nitrogen and oxygen atoms in total. The van der Waals surface area contributed by atoms with E-state index in [-0.39, 0.29) is 5.56 Å². The van der Waals surface area contributed by atoms with Crippen LogP contribution in [0.4, 0.5) is 13.2 Å². The molecule has 0 spiro atoms. The quantitative estimate of drug-likeness (QED) is 0.837. The highest BCUT2D eigenvalue weighted by Crippen LogP contribution is 2.41. The molecule has 0 saturated heterocycles. The summed E-state index contributed by atoms with van der Waals surface area (Å²) in [4.78, 5) is 12.6. The Labute approximate surface area is 129 Å². The van der Waals surface area contributed by atoms with Gasteiger partial charge in [-0.3, -0.25) is 4.79 Å². The van der Waals surface area contributed by atoms with E-state index in [1.165, 1.54) is 29.5 Å². The third-order valence-corrected chi connectivity index (χ3v) is 3.96. The zero-order valence-electron chi connectivity index (χ0n) is 11.4. The molecule has 22 heavy (non-hydrogen) atoms. The molecule has 6 heteroatoms. The number of rotatable bonds is 5. The van der Waals surface area contributed by atoms with Gasteiger partial charge < -0.3 is 5.11 Å². The van der Waals surface area contributed by atoms with Crippen LogP contribution >= 0.6 is 11.3 Å². The first-order valence-electron chi connectivity index (χ1n) is 6.42. The van der Waals surface area contributed by atoms with Crippen molar-refractivity contribution < 1.29 is 23.1 Å². The number of allylic oxidation sites excluding steroid dienone is 1. The van der Waals surface area contributed by atoms with Crippen molar-refractivity contribution in [2.24, 2.45) is 0 Å². The first-order chi connectivity index (χ1) is 10.3. The van der Waals surface area contributed by atoms with E-state index in [4.69, 9.17) is 0 Å². The summed E-state index contributed by atoms with van der Waals surface area (Å²) in [5.41, 5.74) is -3.54. The summed E-state index contributed by atoms with van der Waals surface area (Å²) < 4.78 is 39.7. The van der Waals surface area contributed by atoms with Crippen molar-refractivity contribution in [2.45, 2.75) is 18.2 Å². The van der Waals surface area contributed by atoms with E-state index in [0.29, 0.717) is 0 Å². The fraction of sp³-hybridized carbons (Fsp3) is 0.188. The third kappa shape index (κ3) is 3.64. The lowest BCUT2D eigenvalue weighted by molar-refractivity contribution is -0.266. The lowest BCUT2D eigenvalue weighted by Gasteiger charge is -2.30. The van der Waals surface area contributed by atoms with Crippen molar-refractivity contribution in [3.05, 3.63) is 64.4 Å². The summed E-state index contributed by atoms with van der Waals surface area (Å²) in [7, 11) is 0. The van der Waals surface area contributed by atoms with Crippen molar-refractivity contribution >= 4 is 23.2 Å². The molecule has 2 aromatic rings. The molecule has 1 aromatic carbocycles. The zero-order valence-corrected chi connectivity index (χ0v) is 12.2. The predicted molar refractivity (Wildman–Crippen MR) is 79.4 cm³/mol. The normalized spacial score (nSPS) is 14.9. The van der Waals surface area contributed by atoms with E-state index in [1.807, 2.05) is 0 Å². The van der Waals surface area contributed by atoms with E-state index in [9.17, 15) is 23.1 Å². The molecule has 0 fully saturated rings. The number of carbonyl (C=O) groups is 1. The van der Waals surface area contributed by atoms with Crippen molar-refractivity contribution in [3.8, 4) is 0 Å². The number of alkyl halides is 3. The lowest BCUT2D eigenvalue weighted by atomic mass is 9.88. The molecular weight excluding hydrogens is 313 g/mol. The minimum Gasteiger partial charge on any atom is -0.376 e. The number of halogens is 3. The molecule has 2 rings (SSSR count). The Morgan fingerprint density at radius 2 is 1.82 bits per heavy atom. The summed E-state index contributed by atoms with van der Waals surface area (Å²) in [5.74, 6) is -0.794. The van der Waals surface area contributed by atoms with Gasteiger partial charge in [-0.2, -0.15) is 13.2 Å². The average Bonchev–Trinajstić information content (AvgIpc) is 2.98. The van der Waals surface area contributed by atoms with Crippen LogP contribution in [0.2, 0.25) is 0 Å². The fourth-order valence-electron chi connectivity index (χ4n) is 1.95. The predicted octanol–water partition coefficient (Wildman–Crippen LogP) is 4.17. The number of thiophene rings is 1.